The van der Waals surface area contributed by atoms with Crippen molar-refractivity contribution in [3.8, 4) is 5.75 Å². The Kier molecular flexibility index (Phi) is 5.04. The van der Waals surface area contributed by atoms with Crippen LogP contribution in [0.1, 0.15) is 5.56 Å². The number of ether oxygens (including phenoxy) is 1. The number of fused-ring (bicyclic) bond motifs is 2. The third-order valence-corrected chi connectivity index (χ3v) is 6.87. The highest BCUT2D eigenvalue weighted by atomic mass is 32.2. The topological polar surface area (TPSA) is 58.0 Å². The third-order valence-electron chi connectivity index (χ3n) is 5.82. The van der Waals surface area contributed by atoms with Crippen molar-refractivity contribution in [3.63, 3.8) is 0 Å². The number of carbonyl (C=O) groups excluding carboxylic acids is 1. The number of anilines is 1. The monoisotopic (exact) mass is 464 g/mol. The summed E-state index contributed by atoms with van der Waals surface area (Å²) in [6, 6.07) is 27.4. The Balaban J connectivity index is 1.45. The predicted molar refractivity (Wildman–Crippen MR) is 136 cm³/mol. The molecule has 0 bridgehead atoms. The van der Waals surface area contributed by atoms with Crippen LogP contribution in [0.25, 0.3) is 10.9 Å². The molecule has 0 unspecified atom stereocenters. The summed E-state index contributed by atoms with van der Waals surface area (Å²) < 4.78 is 6.11. The second kappa shape index (κ2) is 8.35. The first-order valence-electron chi connectivity index (χ1n) is 10.9. The zero-order valence-electron chi connectivity index (χ0n) is 18.4. The van der Waals surface area contributed by atoms with Gasteiger partial charge in [0.05, 0.1) is 23.4 Å². The van der Waals surface area contributed by atoms with E-state index in [4.69, 9.17) is 9.73 Å². The molecule has 2 aliphatic heterocycles. The Morgan fingerprint density at radius 3 is 2.62 bits per heavy atom. The lowest BCUT2D eigenvalue weighted by Gasteiger charge is -2.16. The number of rotatable bonds is 3. The normalized spacial score (nSPS) is 18.6. The molecule has 0 saturated carbocycles. The van der Waals surface area contributed by atoms with Gasteiger partial charge in [-0.3, -0.25) is 14.7 Å². The summed E-state index contributed by atoms with van der Waals surface area (Å²) in [5.74, 6) is 1.14. The number of carbonyl (C=O) groups is 1. The molecule has 4 aromatic rings. The number of nitrogens with zero attached hydrogens (tertiary/aromatic N) is 4. The quantitative estimate of drug-likeness (QED) is 0.364. The number of aliphatic imine (C=N–C) groups is 1. The van der Waals surface area contributed by atoms with Gasteiger partial charge in [0, 0.05) is 18.6 Å². The van der Waals surface area contributed by atoms with Gasteiger partial charge in [-0.25, -0.2) is 4.99 Å². The lowest BCUT2D eigenvalue weighted by Crippen LogP contribution is -2.29. The predicted octanol–water partition coefficient (Wildman–Crippen LogP) is 5.70. The molecule has 34 heavy (non-hydrogen) atoms. The minimum atomic E-state index is -0.124. The van der Waals surface area contributed by atoms with Gasteiger partial charge in [0.1, 0.15) is 4.91 Å². The van der Waals surface area contributed by atoms with Gasteiger partial charge >= 0.3 is 0 Å². The Labute approximate surface area is 201 Å². The van der Waals surface area contributed by atoms with Gasteiger partial charge in [-0.15, -0.1) is 0 Å². The highest BCUT2D eigenvalue weighted by molar-refractivity contribution is 8.18. The molecule has 0 radical (unpaired) electrons. The fourth-order valence-electron chi connectivity index (χ4n) is 4.11. The fraction of sp³-hybridized carbons (Fsp3) is 0.0741. The van der Waals surface area contributed by atoms with Crippen LogP contribution in [-0.2, 0) is 11.3 Å². The Hall–Kier alpha value is -4.10. The lowest BCUT2D eigenvalue weighted by molar-refractivity contribution is -0.122. The van der Waals surface area contributed by atoms with E-state index >= 15 is 0 Å². The molecular weight excluding hydrogens is 444 g/mol. The SMILES string of the molecule is CN1/C(=C2/S/C(=N\c3cccc4ncccc34)N(Cc3ccccc3)C2=O)Oc2ccccc21. The van der Waals surface area contributed by atoms with Gasteiger partial charge in [0.2, 0.25) is 5.88 Å². The fourth-order valence-corrected chi connectivity index (χ4v) is 5.16. The first kappa shape index (κ1) is 20.5. The molecule has 0 N–H and O–H groups in total. The van der Waals surface area contributed by atoms with Crippen LogP contribution in [0.15, 0.2) is 107 Å². The Morgan fingerprint density at radius 1 is 0.941 bits per heavy atom. The molecule has 3 heterocycles. The average molecular weight is 465 g/mol. The zero-order chi connectivity index (χ0) is 23.1. The van der Waals surface area contributed by atoms with Crippen molar-refractivity contribution in [3.05, 3.63) is 107 Å². The first-order valence-corrected chi connectivity index (χ1v) is 11.7. The van der Waals surface area contributed by atoms with Crippen molar-refractivity contribution in [2.75, 3.05) is 11.9 Å². The van der Waals surface area contributed by atoms with Crippen LogP contribution in [0.2, 0.25) is 0 Å². The number of thioether (sulfide) groups is 1. The van der Waals surface area contributed by atoms with E-state index in [0.717, 1.165) is 33.6 Å². The maximum Gasteiger partial charge on any atom is 0.272 e. The van der Waals surface area contributed by atoms with Crippen LogP contribution in [0.3, 0.4) is 0 Å². The van der Waals surface area contributed by atoms with E-state index in [1.165, 1.54) is 11.8 Å². The van der Waals surface area contributed by atoms with Crippen LogP contribution in [0.5, 0.6) is 5.75 Å². The number of benzene rings is 3. The summed E-state index contributed by atoms with van der Waals surface area (Å²) in [7, 11) is 1.91. The van der Waals surface area contributed by atoms with Crippen molar-refractivity contribution in [1.82, 2.24) is 9.88 Å². The van der Waals surface area contributed by atoms with Crippen molar-refractivity contribution in [1.29, 1.82) is 0 Å². The van der Waals surface area contributed by atoms with Crippen molar-refractivity contribution >= 4 is 45.1 Å². The van der Waals surface area contributed by atoms with Crippen LogP contribution < -0.4 is 9.64 Å². The molecule has 6 nitrogen and oxygen atoms in total. The largest absolute Gasteiger partial charge is 0.437 e. The number of hydrogen-bond donors (Lipinski definition) is 0. The second-order valence-corrected chi connectivity index (χ2v) is 8.96. The lowest BCUT2D eigenvalue weighted by atomic mass is 10.2. The smallest absolute Gasteiger partial charge is 0.272 e. The average Bonchev–Trinajstić information content (AvgIpc) is 3.36. The van der Waals surface area contributed by atoms with Crippen LogP contribution in [-0.4, -0.2) is 28.0 Å². The van der Waals surface area contributed by atoms with Crippen molar-refractivity contribution in [2.45, 2.75) is 6.54 Å². The standard InChI is InChI=1S/C27H20N4O2S/c1-30-22-14-5-6-15-23(22)33-26(30)24-25(32)31(17-18-9-3-2-4-10-18)27(34-24)29-21-13-7-12-20-19(21)11-8-16-28-20/h2-16H,17H2,1H3/b26-24-,29-27-. The summed E-state index contributed by atoms with van der Waals surface area (Å²) >= 11 is 1.34. The van der Waals surface area contributed by atoms with E-state index in [9.17, 15) is 4.79 Å². The molecule has 0 atom stereocenters. The first-order chi connectivity index (χ1) is 16.7. The van der Waals surface area contributed by atoms with E-state index in [1.807, 2.05) is 96.9 Å². The number of para-hydroxylation sites is 2. The molecule has 6 rings (SSSR count). The number of hydrogen-bond acceptors (Lipinski definition) is 6. The molecule has 3 aromatic carbocycles. The summed E-state index contributed by atoms with van der Waals surface area (Å²) in [5.41, 5.74) is 3.59. The number of aromatic nitrogens is 1. The third kappa shape index (κ3) is 3.50. The molecule has 1 aromatic heterocycles. The molecular formula is C27H20N4O2S. The number of amidine groups is 1. The highest BCUT2D eigenvalue weighted by Crippen LogP contribution is 2.44. The van der Waals surface area contributed by atoms with E-state index in [2.05, 4.69) is 4.98 Å². The minimum absolute atomic E-state index is 0.124. The van der Waals surface area contributed by atoms with E-state index in [0.29, 0.717) is 22.5 Å². The van der Waals surface area contributed by atoms with Gasteiger partial charge in [0.15, 0.2) is 10.9 Å². The summed E-state index contributed by atoms with van der Waals surface area (Å²) in [6.07, 6.45) is 1.77. The molecule has 7 heteroatoms. The van der Waals surface area contributed by atoms with Gasteiger partial charge in [-0.1, -0.05) is 48.5 Å². The van der Waals surface area contributed by atoms with Gasteiger partial charge in [-0.2, -0.15) is 0 Å². The van der Waals surface area contributed by atoms with Crippen LogP contribution in [0, 0.1) is 0 Å². The molecule has 1 saturated heterocycles. The molecule has 2 aliphatic rings. The molecule has 0 aliphatic carbocycles. The van der Waals surface area contributed by atoms with Crippen molar-refractivity contribution in [2.24, 2.45) is 4.99 Å². The molecule has 166 valence electrons. The van der Waals surface area contributed by atoms with E-state index in [1.54, 1.807) is 11.1 Å². The summed E-state index contributed by atoms with van der Waals surface area (Å²) in [4.78, 5) is 27.2. The Bertz CT molecular complexity index is 1480. The summed E-state index contributed by atoms with van der Waals surface area (Å²) in [6.45, 7) is 0.419. The van der Waals surface area contributed by atoms with Crippen molar-refractivity contribution < 1.29 is 9.53 Å². The number of amides is 1. The second-order valence-electron chi connectivity index (χ2n) is 7.98. The van der Waals surface area contributed by atoms with E-state index in [-0.39, 0.29) is 5.91 Å². The van der Waals surface area contributed by atoms with Gasteiger partial charge < -0.3 is 9.64 Å². The zero-order valence-corrected chi connectivity index (χ0v) is 19.2. The summed E-state index contributed by atoms with van der Waals surface area (Å²) in [5, 5.41) is 1.55. The van der Waals surface area contributed by atoms with Gasteiger partial charge in [-0.05, 0) is 53.7 Å². The highest BCUT2D eigenvalue weighted by Gasteiger charge is 2.40. The Morgan fingerprint density at radius 2 is 1.76 bits per heavy atom. The van der Waals surface area contributed by atoms with Gasteiger partial charge in [0.25, 0.3) is 5.91 Å². The maximum absolute atomic E-state index is 13.7. The van der Waals surface area contributed by atoms with Crippen LogP contribution in [0.4, 0.5) is 11.4 Å². The number of pyridine rings is 1. The molecule has 0 spiro atoms. The molecule has 1 amide bonds. The maximum atomic E-state index is 13.7. The van der Waals surface area contributed by atoms with E-state index < -0.39 is 0 Å². The minimum Gasteiger partial charge on any atom is -0.437 e. The van der Waals surface area contributed by atoms with Crippen LogP contribution >= 0.6 is 11.8 Å². The molecule has 1 fully saturated rings.